The summed E-state index contributed by atoms with van der Waals surface area (Å²) in [6.07, 6.45) is 0. The van der Waals surface area contributed by atoms with E-state index in [1.54, 1.807) is 0 Å². The number of rotatable bonds is 5. The molecular formula is C18H24ClNSi. The topological polar surface area (TPSA) is 12.0 Å². The van der Waals surface area contributed by atoms with Crippen LogP contribution in [0, 0.1) is 0 Å². The summed E-state index contributed by atoms with van der Waals surface area (Å²) in [5.41, 5.74) is 2.59. The minimum absolute atomic E-state index is 0.318. The molecule has 0 aromatic heterocycles. The third kappa shape index (κ3) is 4.70. The molecule has 1 N–H and O–H groups in total. The Labute approximate surface area is 134 Å². The summed E-state index contributed by atoms with van der Waals surface area (Å²) in [6.45, 7) is 10.2. The molecule has 0 bridgehead atoms. The Morgan fingerprint density at radius 2 is 1.52 bits per heavy atom. The fourth-order valence-electron chi connectivity index (χ4n) is 2.26. The summed E-state index contributed by atoms with van der Waals surface area (Å²) >= 11 is 5.92. The molecule has 1 atom stereocenters. The van der Waals surface area contributed by atoms with Crippen LogP contribution in [0.5, 0.6) is 0 Å². The largest absolute Gasteiger partial charge is 0.306 e. The zero-order chi connectivity index (χ0) is 15.5. The summed E-state index contributed by atoms with van der Waals surface area (Å²) in [5, 5.41) is 5.86. The van der Waals surface area contributed by atoms with Crippen molar-refractivity contribution in [2.24, 2.45) is 0 Å². The lowest BCUT2D eigenvalue weighted by atomic mass is 10.1. The average molecular weight is 318 g/mol. The van der Waals surface area contributed by atoms with E-state index in [9.17, 15) is 0 Å². The van der Waals surface area contributed by atoms with Crippen LogP contribution in [0.4, 0.5) is 0 Å². The third-order valence-electron chi connectivity index (χ3n) is 3.80. The summed E-state index contributed by atoms with van der Waals surface area (Å²) in [7, 11) is -1.19. The van der Waals surface area contributed by atoms with Gasteiger partial charge in [-0.05, 0) is 30.2 Å². The molecule has 0 aliphatic rings. The van der Waals surface area contributed by atoms with Gasteiger partial charge in [0.25, 0.3) is 0 Å². The van der Waals surface area contributed by atoms with Gasteiger partial charge in [0.2, 0.25) is 0 Å². The second-order valence-electron chi connectivity index (χ2n) is 6.60. The highest BCUT2D eigenvalue weighted by Gasteiger charge is 2.15. The molecule has 0 unspecified atom stereocenters. The smallest absolute Gasteiger partial charge is 0.0775 e. The lowest BCUT2D eigenvalue weighted by Gasteiger charge is -2.18. The second kappa shape index (κ2) is 6.78. The molecule has 112 valence electrons. The number of hydrogen-bond acceptors (Lipinski definition) is 1. The lowest BCUT2D eigenvalue weighted by molar-refractivity contribution is 0.575. The maximum atomic E-state index is 5.92. The van der Waals surface area contributed by atoms with Gasteiger partial charge >= 0.3 is 0 Å². The Hall–Kier alpha value is -1.09. The van der Waals surface area contributed by atoms with E-state index in [0.717, 1.165) is 11.6 Å². The predicted octanol–water partition coefficient (Wildman–Crippen LogP) is 4.74. The van der Waals surface area contributed by atoms with Gasteiger partial charge in [0.1, 0.15) is 0 Å². The SMILES string of the molecule is C[C@@H](NCc1ccc([Si](C)(C)C)cc1)c1ccc(Cl)cc1. The van der Waals surface area contributed by atoms with E-state index in [1.807, 2.05) is 12.1 Å². The van der Waals surface area contributed by atoms with Crippen molar-refractivity contribution in [3.63, 3.8) is 0 Å². The van der Waals surface area contributed by atoms with Gasteiger partial charge in [-0.15, -0.1) is 0 Å². The maximum absolute atomic E-state index is 5.92. The van der Waals surface area contributed by atoms with Crippen LogP contribution in [0.2, 0.25) is 24.7 Å². The van der Waals surface area contributed by atoms with Gasteiger partial charge in [-0.2, -0.15) is 0 Å². The highest BCUT2D eigenvalue weighted by molar-refractivity contribution is 6.88. The van der Waals surface area contributed by atoms with Crippen molar-refractivity contribution in [3.8, 4) is 0 Å². The average Bonchev–Trinajstić information content (AvgIpc) is 2.45. The van der Waals surface area contributed by atoms with Crippen LogP contribution in [0.1, 0.15) is 24.1 Å². The fraction of sp³-hybridized carbons (Fsp3) is 0.333. The third-order valence-corrected chi connectivity index (χ3v) is 6.12. The molecule has 0 aliphatic carbocycles. The van der Waals surface area contributed by atoms with E-state index >= 15 is 0 Å². The molecule has 0 heterocycles. The molecular weight excluding hydrogens is 294 g/mol. The molecule has 0 fully saturated rings. The van der Waals surface area contributed by atoms with Gasteiger partial charge in [-0.1, -0.05) is 72.8 Å². The van der Waals surface area contributed by atoms with Crippen molar-refractivity contribution in [2.45, 2.75) is 39.2 Å². The first-order valence-corrected chi connectivity index (χ1v) is 11.3. The van der Waals surface area contributed by atoms with Crippen LogP contribution in [0.3, 0.4) is 0 Å². The van der Waals surface area contributed by atoms with Crippen molar-refractivity contribution in [1.82, 2.24) is 5.32 Å². The van der Waals surface area contributed by atoms with Crippen molar-refractivity contribution < 1.29 is 0 Å². The van der Waals surface area contributed by atoms with Crippen molar-refractivity contribution in [3.05, 3.63) is 64.7 Å². The van der Waals surface area contributed by atoms with Crippen LogP contribution < -0.4 is 10.5 Å². The highest BCUT2D eigenvalue weighted by Crippen LogP contribution is 2.16. The summed E-state index contributed by atoms with van der Waals surface area (Å²) in [6, 6.07) is 17.4. The standard InChI is InChI=1S/C18H24ClNSi/c1-14(16-7-9-17(19)10-8-16)20-13-15-5-11-18(12-6-15)21(2,3)4/h5-12,14,20H,13H2,1-4H3/t14-/m1/s1. The van der Waals surface area contributed by atoms with Crippen LogP contribution in [-0.2, 0) is 6.54 Å². The van der Waals surface area contributed by atoms with E-state index in [-0.39, 0.29) is 0 Å². The Morgan fingerprint density at radius 1 is 0.952 bits per heavy atom. The number of nitrogens with one attached hydrogen (secondary N) is 1. The zero-order valence-corrected chi connectivity index (χ0v) is 15.0. The molecule has 0 saturated heterocycles. The van der Waals surface area contributed by atoms with Crippen molar-refractivity contribution in [2.75, 3.05) is 0 Å². The molecule has 0 amide bonds. The Balaban J connectivity index is 1.95. The van der Waals surface area contributed by atoms with Gasteiger partial charge in [-0.25, -0.2) is 0 Å². The fourth-order valence-corrected chi connectivity index (χ4v) is 3.56. The first-order valence-electron chi connectivity index (χ1n) is 7.44. The minimum atomic E-state index is -1.19. The van der Waals surface area contributed by atoms with E-state index in [0.29, 0.717) is 6.04 Å². The monoisotopic (exact) mass is 317 g/mol. The molecule has 0 saturated carbocycles. The van der Waals surface area contributed by atoms with Gasteiger partial charge in [0.05, 0.1) is 8.07 Å². The molecule has 0 radical (unpaired) electrons. The predicted molar refractivity (Wildman–Crippen MR) is 96.1 cm³/mol. The Kier molecular flexibility index (Phi) is 5.25. The zero-order valence-electron chi connectivity index (χ0n) is 13.3. The lowest BCUT2D eigenvalue weighted by Crippen LogP contribution is -2.37. The normalized spacial score (nSPS) is 13.2. The summed E-state index contributed by atoms with van der Waals surface area (Å²) in [4.78, 5) is 0. The molecule has 2 rings (SSSR count). The van der Waals surface area contributed by atoms with E-state index in [1.165, 1.54) is 16.3 Å². The van der Waals surface area contributed by atoms with Gasteiger partial charge in [0.15, 0.2) is 0 Å². The van der Waals surface area contributed by atoms with E-state index < -0.39 is 8.07 Å². The van der Waals surface area contributed by atoms with Gasteiger partial charge < -0.3 is 5.32 Å². The highest BCUT2D eigenvalue weighted by atomic mass is 35.5. The minimum Gasteiger partial charge on any atom is -0.306 e. The molecule has 21 heavy (non-hydrogen) atoms. The summed E-state index contributed by atoms with van der Waals surface area (Å²) < 4.78 is 0. The van der Waals surface area contributed by atoms with Gasteiger partial charge in [-0.3, -0.25) is 0 Å². The first-order chi connectivity index (χ1) is 9.86. The molecule has 1 nitrogen and oxygen atoms in total. The first kappa shape index (κ1) is 16.3. The van der Waals surface area contributed by atoms with E-state index in [2.05, 4.69) is 68.3 Å². The molecule has 3 heteroatoms. The van der Waals surface area contributed by atoms with Crippen LogP contribution in [-0.4, -0.2) is 8.07 Å². The molecule has 0 spiro atoms. The molecule has 2 aromatic rings. The number of hydrogen-bond donors (Lipinski definition) is 1. The van der Waals surface area contributed by atoms with Crippen LogP contribution in [0.15, 0.2) is 48.5 Å². The quantitative estimate of drug-likeness (QED) is 0.786. The second-order valence-corrected chi connectivity index (χ2v) is 12.1. The van der Waals surface area contributed by atoms with Gasteiger partial charge in [0, 0.05) is 17.6 Å². The molecule has 0 aliphatic heterocycles. The van der Waals surface area contributed by atoms with Crippen molar-refractivity contribution >= 4 is 24.9 Å². The van der Waals surface area contributed by atoms with Crippen molar-refractivity contribution in [1.29, 1.82) is 0 Å². The Bertz CT molecular complexity index is 570. The molecule has 2 aromatic carbocycles. The Morgan fingerprint density at radius 3 is 2.05 bits per heavy atom. The van der Waals surface area contributed by atoms with Crippen LogP contribution in [0.25, 0.3) is 0 Å². The van der Waals surface area contributed by atoms with E-state index in [4.69, 9.17) is 11.6 Å². The maximum Gasteiger partial charge on any atom is 0.0775 e. The number of halogens is 1. The van der Waals surface area contributed by atoms with Crippen LogP contribution >= 0.6 is 11.6 Å². The number of benzene rings is 2. The summed E-state index contributed by atoms with van der Waals surface area (Å²) in [5.74, 6) is 0.